The molecule has 0 bridgehead atoms. The predicted molar refractivity (Wildman–Crippen MR) is 149 cm³/mol. The van der Waals surface area contributed by atoms with Gasteiger partial charge in [-0.15, -0.1) is 0 Å². The fourth-order valence-electron chi connectivity index (χ4n) is 9.29. The van der Waals surface area contributed by atoms with Crippen LogP contribution in [0.2, 0.25) is 0 Å². The van der Waals surface area contributed by atoms with Gasteiger partial charge in [0.15, 0.2) is 5.78 Å². The lowest BCUT2D eigenvalue weighted by molar-refractivity contribution is -0.135. The maximum atomic E-state index is 13.8. The maximum absolute atomic E-state index is 13.8. The Morgan fingerprint density at radius 1 is 0.973 bits per heavy atom. The molecule has 3 heteroatoms. The summed E-state index contributed by atoms with van der Waals surface area (Å²) in [6.07, 6.45) is 13.4. The molecule has 3 fully saturated rings. The molecule has 0 saturated heterocycles. The van der Waals surface area contributed by atoms with Gasteiger partial charge in [-0.2, -0.15) is 0 Å². The van der Waals surface area contributed by atoms with Crippen LogP contribution in [0, 0.1) is 46.3 Å². The highest BCUT2D eigenvalue weighted by Crippen LogP contribution is 2.66. The van der Waals surface area contributed by atoms with Crippen LogP contribution in [0.15, 0.2) is 42.0 Å². The Morgan fingerprint density at radius 2 is 1.73 bits per heavy atom. The number of fused-ring (bicyclic) bond motifs is 5. The van der Waals surface area contributed by atoms with Crippen molar-refractivity contribution in [2.75, 3.05) is 0 Å². The highest BCUT2D eigenvalue weighted by atomic mass is 16.5. The summed E-state index contributed by atoms with van der Waals surface area (Å²) in [4.78, 5) is 26.5. The second kappa shape index (κ2) is 10.3. The summed E-state index contributed by atoms with van der Waals surface area (Å²) < 4.78 is 5.92. The molecule has 0 amide bonds. The van der Waals surface area contributed by atoms with Crippen LogP contribution in [-0.4, -0.2) is 17.9 Å². The smallest absolute Gasteiger partial charge is 0.338 e. The molecule has 1 aromatic rings. The molecule has 8 atom stereocenters. The minimum atomic E-state index is -0.247. The van der Waals surface area contributed by atoms with Gasteiger partial charge in [-0.1, -0.05) is 77.7 Å². The van der Waals surface area contributed by atoms with Crippen molar-refractivity contribution < 1.29 is 14.3 Å². The van der Waals surface area contributed by atoms with Crippen molar-refractivity contribution in [2.45, 2.75) is 105 Å². The molecule has 0 aliphatic heterocycles. The molecule has 0 heterocycles. The normalized spacial score (nSPS) is 37.8. The summed E-state index contributed by atoms with van der Waals surface area (Å²) in [5.74, 6) is 3.57. The molecule has 3 saturated carbocycles. The van der Waals surface area contributed by atoms with E-state index in [4.69, 9.17) is 4.74 Å². The topological polar surface area (TPSA) is 43.4 Å². The lowest BCUT2D eigenvalue weighted by atomic mass is 9.46. The van der Waals surface area contributed by atoms with Gasteiger partial charge in [0.05, 0.1) is 5.56 Å². The van der Waals surface area contributed by atoms with Crippen LogP contribution in [0.4, 0.5) is 0 Å². The number of rotatable bonds is 7. The van der Waals surface area contributed by atoms with Crippen molar-refractivity contribution in [3.05, 3.63) is 47.5 Å². The molecule has 202 valence electrons. The van der Waals surface area contributed by atoms with Crippen molar-refractivity contribution in [1.82, 2.24) is 0 Å². The average Bonchev–Trinajstić information content (AvgIpc) is 3.22. The number of carbonyl (C=O) groups excluding carboxylic acids is 2. The van der Waals surface area contributed by atoms with Gasteiger partial charge in [0.25, 0.3) is 0 Å². The van der Waals surface area contributed by atoms with E-state index in [2.05, 4.69) is 34.6 Å². The van der Waals surface area contributed by atoms with Gasteiger partial charge < -0.3 is 4.74 Å². The molecule has 0 radical (unpaired) electrons. The van der Waals surface area contributed by atoms with E-state index in [9.17, 15) is 9.59 Å². The average molecular weight is 505 g/mol. The number of esters is 1. The second-order valence-corrected chi connectivity index (χ2v) is 13.9. The number of ketones is 1. The van der Waals surface area contributed by atoms with Crippen LogP contribution in [0.1, 0.15) is 109 Å². The first kappa shape index (κ1) is 26.7. The molecule has 5 rings (SSSR count). The second-order valence-electron chi connectivity index (χ2n) is 13.9. The minimum absolute atomic E-state index is 0.0660. The zero-order valence-electron chi connectivity index (χ0n) is 23.8. The van der Waals surface area contributed by atoms with Gasteiger partial charge in [-0.25, -0.2) is 4.79 Å². The fourth-order valence-corrected chi connectivity index (χ4v) is 9.29. The fraction of sp³-hybridized carbons (Fsp3) is 0.706. The third kappa shape index (κ3) is 4.85. The van der Waals surface area contributed by atoms with Crippen molar-refractivity contribution in [3.63, 3.8) is 0 Å². The Bertz CT molecular complexity index is 1020. The first-order chi connectivity index (χ1) is 17.6. The van der Waals surface area contributed by atoms with Crippen LogP contribution in [0.3, 0.4) is 0 Å². The molecule has 0 spiro atoms. The highest BCUT2D eigenvalue weighted by Gasteiger charge is 2.61. The molecule has 4 aliphatic rings. The quantitative estimate of drug-likeness (QED) is 0.350. The zero-order valence-corrected chi connectivity index (χ0v) is 23.8. The van der Waals surface area contributed by atoms with E-state index < -0.39 is 0 Å². The maximum Gasteiger partial charge on any atom is 0.338 e. The van der Waals surface area contributed by atoms with Crippen LogP contribution in [-0.2, 0) is 9.53 Å². The number of ether oxygens (including phenoxy) is 1. The number of benzene rings is 1. The van der Waals surface area contributed by atoms with Crippen molar-refractivity contribution in [3.8, 4) is 0 Å². The summed E-state index contributed by atoms with van der Waals surface area (Å²) in [6, 6.07) is 9.26. The Morgan fingerprint density at radius 3 is 2.46 bits per heavy atom. The molecular weight excluding hydrogens is 456 g/mol. The Balaban J connectivity index is 1.30. The van der Waals surface area contributed by atoms with E-state index in [0.717, 1.165) is 30.6 Å². The molecule has 4 aliphatic carbocycles. The standard InChI is InChI=1S/C34H48O3/c1-22(2)10-9-11-23(3)27-14-15-28-31-29(17-19-34(27,28)5)33(4)18-16-26(20-25(33)21-30(31)35)37-32(36)24-12-7-6-8-13-24/h6-8,12-13,21-23,26-29,31H,9-11,14-20H2,1-5H3/t23-,26?,27-,28+,29+,31+,33+,34-/m1/s1. The summed E-state index contributed by atoms with van der Waals surface area (Å²) in [5.41, 5.74) is 2.22. The van der Waals surface area contributed by atoms with Gasteiger partial charge >= 0.3 is 5.97 Å². The molecular formula is C34H48O3. The first-order valence-corrected chi connectivity index (χ1v) is 15.1. The van der Waals surface area contributed by atoms with E-state index in [-0.39, 0.29) is 23.4 Å². The Hall–Kier alpha value is -1.90. The molecule has 1 aromatic carbocycles. The van der Waals surface area contributed by atoms with Crippen LogP contribution < -0.4 is 0 Å². The molecule has 0 aromatic heterocycles. The van der Waals surface area contributed by atoms with Gasteiger partial charge in [0.2, 0.25) is 0 Å². The highest BCUT2D eigenvalue weighted by molar-refractivity contribution is 5.94. The predicted octanol–water partition coefficient (Wildman–Crippen LogP) is 8.43. The van der Waals surface area contributed by atoms with E-state index in [0.29, 0.717) is 35.0 Å². The third-order valence-electron chi connectivity index (χ3n) is 11.4. The zero-order chi connectivity index (χ0) is 26.4. The SMILES string of the molecule is CC(C)CCC[C@@H](C)[C@H]1CC[C@H]2[C@@H]3C(=O)C=C4CC(OC(=O)c5ccccc5)CC[C@]4(C)[C@H]3CC[C@]12C. The Labute approximate surface area is 224 Å². The lowest BCUT2D eigenvalue weighted by Gasteiger charge is -2.57. The summed E-state index contributed by atoms with van der Waals surface area (Å²) in [6.45, 7) is 12.1. The third-order valence-corrected chi connectivity index (χ3v) is 11.4. The number of carbonyl (C=O) groups is 2. The van der Waals surface area contributed by atoms with Crippen LogP contribution >= 0.6 is 0 Å². The van der Waals surface area contributed by atoms with Crippen LogP contribution in [0.25, 0.3) is 0 Å². The number of hydrogen-bond donors (Lipinski definition) is 0. The summed E-state index contributed by atoms with van der Waals surface area (Å²) >= 11 is 0. The summed E-state index contributed by atoms with van der Waals surface area (Å²) in [7, 11) is 0. The molecule has 1 unspecified atom stereocenters. The van der Waals surface area contributed by atoms with Gasteiger partial charge in [-0.3, -0.25) is 4.79 Å². The van der Waals surface area contributed by atoms with Crippen molar-refractivity contribution in [1.29, 1.82) is 0 Å². The van der Waals surface area contributed by atoms with Crippen molar-refractivity contribution >= 4 is 11.8 Å². The van der Waals surface area contributed by atoms with Gasteiger partial charge in [0.1, 0.15) is 6.10 Å². The summed E-state index contributed by atoms with van der Waals surface area (Å²) in [5, 5.41) is 0. The molecule has 37 heavy (non-hydrogen) atoms. The molecule has 3 nitrogen and oxygen atoms in total. The number of allylic oxidation sites excluding steroid dienone is 1. The minimum Gasteiger partial charge on any atom is -0.458 e. The largest absolute Gasteiger partial charge is 0.458 e. The monoisotopic (exact) mass is 504 g/mol. The van der Waals surface area contributed by atoms with Gasteiger partial charge in [0, 0.05) is 12.3 Å². The first-order valence-electron chi connectivity index (χ1n) is 15.1. The van der Waals surface area contributed by atoms with E-state index in [1.54, 1.807) is 0 Å². The Kier molecular flexibility index (Phi) is 7.46. The molecule has 0 N–H and O–H groups in total. The van der Waals surface area contributed by atoms with E-state index in [1.807, 2.05) is 36.4 Å². The lowest BCUT2D eigenvalue weighted by Crippen LogP contribution is -2.53. The van der Waals surface area contributed by atoms with E-state index >= 15 is 0 Å². The number of hydrogen-bond acceptors (Lipinski definition) is 3. The van der Waals surface area contributed by atoms with E-state index in [1.165, 1.54) is 50.5 Å². The van der Waals surface area contributed by atoms with Gasteiger partial charge in [-0.05, 0) is 97.2 Å². The van der Waals surface area contributed by atoms with Crippen molar-refractivity contribution in [2.24, 2.45) is 46.3 Å². The van der Waals surface area contributed by atoms with Crippen LogP contribution in [0.5, 0.6) is 0 Å².